The van der Waals surface area contributed by atoms with E-state index in [1.165, 1.54) is 0 Å². The van der Waals surface area contributed by atoms with Crippen molar-refractivity contribution in [3.8, 4) is 0 Å². The van der Waals surface area contributed by atoms with Gasteiger partial charge in [-0.1, -0.05) is 13.8 Å². The summed E-state index contributed by atoms with van der Waals surface area (Å²) in [6, 6.07) is 0. The number of hydrogen-bond acceptors (Lipinski definition) is 6. The van der Waals surface area contributed by atoms with Crippen LogP contribution in [0.4, 0.5) is 0 Å². The fourth-order valence-corrected chi connectivity index (χ4v) is 6.09. The molecule has 0 unspecified atom stereocenters. The maximum Gasteiger partial charge on any atom is 0.329 e. The number of nitrogens with zero attached hydrogens (tertiary/aromatic N) is 1. The molecule has 0 radical (unpaired) electrons. The largest absolute Gasteiger partial charge is 0.432 e. The molecule has 7 nitrogen and oxygen atoms in total. The Morgan fingerprint density at radius 3 is 2.50 bits per heavy atom. The molecule has 0 saturated carbocycles. The third-order valence-corrected chi connectivity index (χ3v) is 11.4. The Morgan fingerprint density at radius 2 is 1.89 bits per heavy atom. The quantitative estimate of drug-likeness (QED) is 0.701. The minimum atomic E-state index is -2.30. The Kier molecular flexibility index (Phi) is 5.55. The maximum atomic E-state index is 12.5. The third-order valence-electron chi connectivity index (χ3n) is 6.26. The van der Waals surface area contributed by atoms with Crippen molar-refractivity contribution in [3.63, 3.8) is 0 Å². The van der Waals surface area contributed by atoms with E-state index < -0.39 is 19.8 Å². The molecule has 1 aromatic rings. The summed E-state index contributed by atoms with van der Waals surface area (Å²) in [6.45, 7) is 13.7. The molecule has 0 bridgehead atoms. The van der Waals surface area contributed by atoms with Crippen molar-refractivity contribution in [1.82, 2.24) is 9.55 Å². The summed E-state index contributed by atoms with van der Waals surface area (Å²) in [7, 11) is -2.30. The number of hydrogen-bond donors (Lipinski definition) is 2. The molecule has 2 aliphatic rings. The lowest BCUT2D eigenvalue weighted by Gasteiger charge is -2.36. The van der Waals surface area contributed by atoms with E-state index in [0.29, 0.717) is 5.56 Å². The Bertz CT molecular complexity index is 857. The van der Waals surface area contributed by atoms with Crippen LogP contribution in [0.1, 0.15) is 51.5 Å². The molecule has 4 atom stereocenters. The van der Waals surface area contributed by atoms with Crippen LogP contribution < -0.4 is 11.2 Å². The Balaban J connectivity index is 1.88. The highest BCUT2D eigenvalue weighted by molar-refractivity contribution is 8.00. The highest BCUT2D eigenvalue weighted by Crippen LogP contribution is 2.53. The monoisotopic (exact) mass is 428 g/mol. The van der Waals surface area contributed by atoms with Gasteiger partial charge < -0.3 is 14.3 Å². The predicted octanol–water partition coefficient (Wildman–Crippen LogP) is 2.74. The molecule has 2 fully saturated rings. The minimum absolute atomic E-state index is 0.123. The van der Waals surface area contributed by atoms with Gasteiger partial charge in [0.25, 0.3) is 5.56 Å². The highest BCUT2D eigenvalue weighted by atomic mass is 32.2. The highest BCUT2D eigenvalue weighted by Gasteiger charge is 2.55. The number of thioether (sulfide) groups is 1. The van der Waals surface area contributed by atoms with Gasteiger partial charge in [-0.05, 0) is 51.7 Å². The molecule has 2 N–H and O–H groups in total. The zero-order valence-electron chi connectivity index (χ0n) is 17.7. The number of fused-ring (bicyclic) bond motifs is 1. The van der Waals surface area contributed by atoms with Gasteiger partial charge in [-0.25, -0.2) is 4.79 Å². The van der Waals surface area contributed by atoms with Gasteiger partial charge in [-0.3, -0.25) is 14.3 Å². The first-order chi connectivity index (χ1) is 12.7. The lowest BCUT2D eigenvalue weighted by Crippen LogP contribution is -2.40. The van der Waals surface area contributed by atoms with E-state index in [0.717, 1.165) is 12.8 Å². The molecule has 0 spiro atoms. The number of rotatable bonds is 5. The number of H-pyrrole nitrogens is 1. The average Bonchev–Trinajstić information content (AvgIpc) is 3.01. The minimum Gasteiger partial charge on any atom is -0.432 e. The molecule has 0 aliphatic carbocycles. The van der Waals surface area contributed by atoms with Crippen LogP contribution in [-0.2, 0) is 9.47 Å². The molecule has 2 aliphatic heterocycles. The van der Waals surface area contributed by atoms with Crippen LogP contribution in [0.15, 0.2) is 15.8 Å². The normalized spacial score (nSPS) is 29.9. The van der Waals surface area contributed by atoms with Gasteiger partial charge in [0.05, 0.1) is 0 Å². The average molecular weight is 429 g/mol. The molecule has 3 rings (SSSR count). The fraction of sp³-hybridized carbons (Fsp3) is 0.789. The van der Waals surface area contributed by atoms with Gasteiger partial charge in [-0.2, -0.15) is 0 Å². The fourth-order valence-electron chi connectivity index (χ4n) is 3.70. The SMILES string of the molecule is Cc1cn([C@@H]2S[C@H](CCC(C)(C)[Si](C)(C)O)[C@H]3OC(C)(C)O[C@H]32)c(=O)[nH]c1=O. The maximum absolute atomic E-state index is 12.5. The second-order valence-corrected chi connectivity index (χ2v) is 15.4. The molecule has 158 valence electrons. The summed E-state index contributed by atoms with van der Waals surface area (Å²) in [5, 5.41) is -0.240. The molecule has 0 aromatic carbocycles. The lowest BCUT2D eigenvalue weighted by molar-refractivity contribution is -0.149. The van der Waals surface area contributed by atoms with Crippen molar-refractivity contribution in [2.24, 2.45) is 0 Å². The Labute approximate surface area is 171 Å². The molecule has 2 saturated heterocycles. The van der Waals surface area contributed by atoms with E-state index in [1.807, 2.05) is 26.9 Å². The smallest absolute Gasteiger partial charge is 0.329 e. The van der Waals surface area contributed by atoms with Crippen LogP contribution in [0.2, 0.25) is 18.1 Å². The molecule has 9 heteroatoms. The van der Waals surface area contributed by atoms with Crippen molar-refractivity contribution in [1.29, 1.82) is 0 Å². The van der Waals surface area contributed by atoms with Crippen LogP contribution in [0, 0.1) is 6.92 Å². The van der Waals surface area contributed by atoms with Gasteiger partial charge in [0.2, 0.25) is 0 Å². The summed E-state index contributed by atoms with van der Waals surface area (Å²) < 4.78 is 13.9. The molecular weight excluding hydrogens is 396 g/mol. The molecular formula is C19H32N2O5SSi. The Hall–Kier alpha value is -0.873. The number of aromatic amines is 1. The standard InChI is InChI=1S/C19H32N2O5SSi/c1-11-10-21(17(23)20-15(11)22)16-14-13(25-19(4,5)26-14)12(27-16)8-9-18(2,3)28(6,7)24/h10,12-14,16,24H,8-9H2,1-7H3,(H,20,22,23)/t12-,13-,14-,16-/m1/s1. The van der Waals surface area contributed by atoms with Gasteiger partial charge in [0, 0.05) is 17.0 Å². The Morgan fingerprint density at radius 1 is 1.29 bits per heavy atom. The zero-order valence-corrected chi connectivity index (χ0v) is 19.6. The molecule has 28 heavy (non-hydrogen) atoms. The third kappa shape index (κ3) is 4.05. The van der Waals surface area contributed by atoms with Crippen LogP contribution in [-0.4, -0.2) is 45.9 Å². The predicted molar refractivity (Wildman–Crippen MR) is 113 cm³/mol. The number of aromatic nitrogens is 2. The molecule has 0 amide bonds. The van der Waals surface area contributed by atoms with Crippen LogP contribution >= 0.6 is 11.8 Å². The lowest BCUT2D eigenvalue weighted by atomic mass is 10.0. The van der Waals surface area contributed by atoms with Crippen molar-refractivity contribution >= 4 is 20.1 Å². The summed E-state index contributed by atoms with van der Waals surface area (Å²) in [5.41, 5.74) is -0.296. The van der Waals surface area contributed by atoms with Crippen molar-refractivity contribution in [2.45, 2.75) is 94.2 Å². The number of nitrogens with one attached hydrogen (secondary N) is 1. The van der Waals surface area contributed by atoms with Crippen LogP contribution in [0.3, 0.4) is 0 Å². The van der Waals surface area contributed by atoms with E-state index in [4.69, 9.17) is 9.47 Å². The van der Waals surface area contributed by atoms with Gasteiger partial charge in [-0.15, -0.1) is 11.8 Å². The summed E-state index contributed by atoms with van der Waals surface area (Å²) in [6.07, 6.45) is 2.95. The zero-order chi connectivity index (χ0) is 21.1. The second-order valence-electron chi connectivity index (χ2n) is 9.59. The first-order valence-electron chi connectivity index (χ1n) is 9.77. The second kappa shape index (κ2) is 7.12. The molecule has 3 heterocycles. The first kappa shape index (κ1) is 21.8. The van der Waals surface area contributed by atoms with Crippen molar-refractivity contribution in [2.75, 3.05) is 0 Å². The van der Waals surface area contributed by atoms with Crippen molar-refractivity contribution < 1.29 is 14.3 Å². The van der Waals surface area contributed by atoms with Crippen molar-refractivity contribution in [3.05, 3.63) is 32.6 Å². The van der Waals surface area contributed by atoms with E-state index in [1.54, 1.807) is 29.4 Å². The summed E-state index contributed by atoms with van der Waals surface area (Å²) in [4.78, 5) is 37.2. The molecule has 1 aromatic heterocycles. The van der Waals surface area contributed by atoms with Gasteiger partial charge in [0.15, 0.2) is 14.1 Å². The first-order valence-corrected chi connectivity index (χ1v) is 13.7. The van der Waals surface area contributed by atoms with E-state index in [-0.39, 0.29) is 33.4 Å². The van der Waals surface area contributed by atoms with E-state index >= 15 is 0 Å². The van der Waals surface area contributed by atoms with Crippen LogP contribution in [0.5, 0.6) is 0 Å². The number of aryl methyl sites for hydroxylation is 1. The van der Waals surface area contributed by atoms with E-state index in [2.05, 4.69) is 18.8 Å². The van der Waals surface area contributed by atoms with Crippen LogP contribution in [0.25, 0.3) is 0 Å². The summed E-state index contributed by atoms with van der Waals surface area (Å²) in [5.74, 6) is -0.714. The topological polar surface area (TPSA) is 93.6 Å². The summed E-state index contributed by atoms with van der Waals surface area (Å²) >= 11 is 1.66. The van der Waals surface area contributed by atoms with E-state index in [9.17, 15) is 14.4 Å². The van der Waals surface area contributed by atoms with Gasteiger partial charge in [0.1, 0.15) is 17.6 Å². The van der Waals surface area contributed by atoms with Gasteiger partial charge >= 0.3 is 5.69 Å². The number of ether oxygens (including phenoxy) is 2.